The molecule has 2 rings (SSSR count). The van der Waals surface area contributed by atoms with Crippen LogP contribution in [0.15, 0.2) is 5.38 Å². The van der Waals surface area contributed by atoms with Gasteiger partial charge in [-0.15, -0.1) is 11.3 Å². The number of carbonyl (C=O) groups excluding carboxylic acids is 2. The molecule has 0 saturated heterocycles. The fourth-order valence-electron chi connectivity index (χ4n) is 1.05. The van der Waals surface area contributed by atoms with E-state index >= 15 is 0 Å². The van der Waals surface area contributed by atoms with Crippen molar-refractivity contribution in [3.05, 3.63) is 21.4 Å². The Morgan fingerprint density at radius 2 is 2.09 bits per heavy atom. The topological polar surface area (TPSA) is 43.4 Å². The highest BCUT2D eigenvalue weighted by Crippen LogP contribution is 2.28. The van der Waals surface area contributed by atoms with Crippen LogP contribution < -0.4 is 0 Å². The average molecular weight is 168 g/mol. The molecule has 1 aliphatic rings. The molecule has 1 aromatic heterocycles. The lowest BCUT2D eigenvalue weighted by Gasteiger charge is -1.86. The largest absolute Gasteiger partial charge is 0.386 e. The Bertz CT molecular complexity index is 351. The summed E-state index contributed by atoms with van der Waals surface area (Å²) in [6, 6.07) is 0. The van der Waals surface area contributed by atoms with E-state index in [1.807, 2.05) is 0 Å². The molecule has 2 heterocycles. The molecule has 0 amide bonds. The van der Waals surface area contributed by atoms with Crippen molar-refractivity contribution in [3.63, 3.8) is 0 Å². The molecular formula is C7H4O3S. The van der Waals surface area contributed by atoms with E-state index < -0.39 is 11.9 Å². The molecular weight excluding hydrogens is 164 g/mol. The van der Waals surface area contributed by atoms with Crippen molar-refractivity contribution in [1.29, 1.82) is 0 Å². The molecule has 0 atom stereocenters. The van der Waals surface area contributed by atoms with Crippen LogP contribution in [0, 0.1) is 6.92 Å². The molecule has 11 heavy (non-hydrogen) atoms. The number of esters is 2. The first-order valence-corrected chi connectivity index (χ1v) is 3.92. The summed E-state index contributed by atoms with van der Waals surface area (Å²) >= 11 is 1.39. The van der Waals surface area contributed by atoms with Crippen molar-refractivity contribution >= 4 is 23.3 Å². The van der Waals surface area contributed by atoms with Gasteiger partial charge in [0.15, 0.2) is 0 Å². The molecule has 56 valence electrons. The average Bonchev–Trinajstić information content (AvgIpc) is 2.41. The standard InChI is InChI=1S/C7H4O3S/c1-3-5-4(2-11-3)6(8)10-7(5)9/h2H,1H3. The van der Waals surface area contributed by atoms with Crippen LogP contribution in [0.3, 0.4) is 0 Å². The molecule has 3 nitrogen and oxygen atoms in total. The predicted octanol–water partition coefficient (Wildman–Crippen LogP) is 1.37. The van der Waals surface area contributed by atoms with Gasteiger partial charge in [-0.05, 0) is 6.92 Å². The number of fused-ring (bicyclic) bond motifs is 1. The smallest absolute Gasteiger partial charge is 0.348 e. The summed E-state index contributed by atoms with van der Waals surface area (Å²) in [6.07, 6.45) is 0. The van der Waals surface area contributed by atoms with E-state index in [2.05, 4.69) is 4.74 Å². The maximum absolute atomic E-state index is 10.9. The molecule has 0 fully saturated rings. The van der Waals surface area contributed by atoms with E-state index in [9.17, 15) is 9.59 Å². The first kappa shape index (κ1) is 6.54. The van der Waals surface area contributed by atoms with Crippen LogP contribution in [0.25, 0.3) is 0 Å². The van der Waals surface area contributed by atoms with Gasteiger partial charge in [0.25, 0.3) is 0 Å². The normalized spacial score (nSPS) is 15.0. The Hall–Kier alpha value is -1.16. The second-order valence-corrected chi connectivity index (χ2v) is 3.34. The van der Waals surface area contributed by atoms with Crippen molar-refractivity contribution in [2.75, 3.05) is 0 Å². The number of hydrogen-bond donors (Lipinski definition) is 0. The zero-order valence-electron chi connectivity index (χ0n) is 5.71. The van der Waals surface area contributed by atoms with Crippen molar-refractivity contribution in [1.82, 2.24) is 0 Å². The number of carbonyl (C=O) groups is 2. The SMILES string of the molecule is Cc1scc2c1C(=O)OC2=O. The van der Waals surface area contributed by atoms with Gasteiger partial charge in [-0.3, -0.25) is 0 Å². The molecule has 0 unspecified atom stereocenters. The van der Waals surface area contributed by atoms with Crippen LogP contribution in [-0.4, -0.2) is 11.9 Å². The van der Waals surface area contributed by atoms with Gasteiger partial charge >= 0.3 is 11.9 Å². The summed E-state index contributed by atoms with van der Waals surface area (Å²) < 4.78 is 4.38. The van der Waals surface area contributed by atoms with Gasteiger partial charge in [0.05, 0.1) is 11.1 Å². The van der Waals surface area contributed by atoms with E-state index in [0.717, 1.165) is 4.88 Å². The van der Waals surface area contributed by atoms with Crippen LogP contribution >= 0.6 is 11.3 Å². The van der Waals surface area contributed by atoms with Crippen molar-refractivity contribution in [3.8, 4) is 0 Å². The number of aryl methyl sites for hydroxylation is 1. The Labute approximate surface area is 66.6 Å². The van der Waals surface area contributed by atoms with E-state index in [0.29, 0.717) is 11.1 Å². The van der Waals surface area contributed by atoms with Crippen LogP contribution in [0.5, 0.6) is 0 Å². The van der Waals surface area contributed by atoms with E-state index in [-0.39, 0.29) is 0 Å². The van der Waals surface area contributed by atoms with Crippen molar-refractivity contribution in [2.24, 2.45) is 0 Å². The van der Waals surface area contributed by atoms with Gasteiger partial charge in [-0.1, -0.05) is 0 Å². The maximum atomic E-state index is 10.9. The zero-order valence-corrected chi connectivity index (χ0v) is 6.53. The highest BCUT2D eigenvalue weighted by molar-refractivity contribution is 7.10. The minimum absolute atomic E-state index is 0.414. The highest BCUT2D eigenvalue weighted by atomic mass is 32.1. The number of thiophene rings is 1. The summed E-state index contributed by atoms with van der Waals surface area (Å²) in [4.78, 5) is 22.6. The van der Waals surface area contributed by atoms with E-state index in [1.165, 1.54) is 11.3 Å². The number of cyclic esters (lactones) is 2. The van der Waals surface area contributed by atoms with Gasteiger partial charge in [0, 0.05) is 10.3 Å². The molecule has 0 aliphatic carbocycles. The Kier molecular flexibility index (Phi) is 1.14. The lowest BCUT2D eigenvalue weighted by atomic mass is 10.2. The summed E-state index contributed by atoms with van der Waals surface area (Å²) in [5.41, 5.74) is 0.859. The quantitative estimate of drug-likeness (QED) is 0.434. The maximum Gasteiger partial charge on any atom is 0.348 e. The van der Waals surface area contributed by atoms with Gasteiger partial charge in [-0.25, -0.2) is 9.59 Å². The van der Waals surface area contributed by atoms with Gasteiger partial charge in [-0.2, -0.15) is 0 Å². The Morgan fingerprint density at radius 1 is 1.36 bits per heavy atom. The molecule has 1 aliphatic heterocycles. The second kappa shape index (κ2) is 1.92. The summed E-state index contributed by atoms with van der Waals surface area (Å²) in [5.74, 6) is -1.03. The Balaban J connectivity index is 2.72. The van der Waals surface area contributed by atoms with Crippen molar-refractivity contribution < 1.29 is 14.3 Å². The monoisotopic (exact) mass is 168 g/mol. The molecule has 0 saturated carbocycles. The van der Waals surface area contributed by atoms with Crippen molar-refractivity contribution in [2.45, 2.75) is 6.92 Å². The molecule has 4 heteroatoms. The number of hydrogen-bond acceptors (Lipinski definition) is 4. The van der Waals surface area contributed by atoms with Crippen LogP contribution in [0.4, 0.5) is 0 Å². The molecule has 1 aromatic rings. The summed E-state index contributed by atoms with van der Waals surface area (Å²) in [6.45, 7) is 1.80. The first-order valence-electron chi connectivity index (χ1n) is 3.04. The minimum Gasteiger partial charge on any atom is -0.386 e. The molecule has 0 bridgehead atoms. The lowest BCUT2D eigenvalue weighted by molar-refractivity contribution is 0.0443. The van der Waals surface area contributed by atoms with Gasteiger partial charge < -0.3 is 4.74 Å². The fraction of sp³-hybridized carbons (Fsp3) is 0.143. The van der Waals surface area contributed by atoms with E-state index in [4.69, 9.17) is 0 Å². The zero-order chi connectivity index (χ0) is 8.01. The minimum atomic E-state index is -0.519. The van der Waals surface area contributed by atoms with Gasteiger partial charge in [0.2, 0.25) is 0 Å². The molecule has 0 spiro atoms. The molecule has 0 radical (unpaired) electrons. The van der Waals surface area contributed by atoms with Crippen LogP contribution in [-0.2, 0) is 4.74 Å². The third kappa shape index (κ3) is 0.728. The Morgan fingerprint density at radius 3 is 2.73 bits per heavy atom. The summed E-state index contributed by atoms with van der Waals surface area (Å²) in [7, 11) is 0. The second-order valence-electron chi connectivity index (χ2n) is 2.26. The van der Waals surface area contributed by atoms with Gasteiger partial charge in [0.1, 0.15) is 0 Å². The third-order valence-electron chi connectivity index (χ3n) is 1.58. The number of rotatable bonds is 0. The third-order valence-corrected chi connectivity index (χ3v) is 2.50. The van der Waals surface area contributed by atoms with Crippen LogP contribution in [0.1, 0.15) is 25.6 Å². The molecule has 0 aromatic carbocycles. The number of ether oxygens (including phenoxy) is 1. The first-order chi connectivity index (χ1) is 5.20. The summed E-state index contributed by atoms with van der Waals surface area (Å²) in [5, 5.41) is 1.65. The van der Waals surface area contributed by atoms with E-state index in [1.54, 1.807) is 12.3 Å². The fourth-order valence-corrected chi connectivity index (χ4v) is 1.87. The van der Waals surface area contributed by atoms with Crippen LogP contribution in [0.2, 0.25) is 0 Å². The molecule has 0 N–H and O–H groups in total. The lowest BCUT2D eigenvalue weighted by Crippen LogP contribution is -1.98. The highest BCUT2D eigenvalue weighted by Gasteiger charge is 2.32. The predicted molar refractivity (Wildman–Crippen MR) is 38.8 cm³/mol.